The molecule has 0 aromatic carbocycles. The van der Waals surface area contributed by atoms with Crippen LogP contribution in [0.2, 0.25) is 0 Å². The summed E-state index contributed by atoms with van der Waals surface area (Å²) in [5.74, 6) is -0.525. The SMILES string of the molecule is CCN(CC(=O)O)C1CCN(C(=O)c2oc(Br)cc2C)CC1. The number of halogens is 1. The number of carboxylic acids is 1. The standard InChI is InChI=1S/C15H21BrN2O4/c1-3-17(9-13(19)20)11-4-6-18(7-5-11)15(21)14-10(2)8-12(16)22-14/h8,11H,3-7,9H2,1-2H3,(H,19,20). The molecule has 0 bridgehead atoms. The van der Waals surface area contributed by atoms with E-state index in [0.717, 1.165) is 18.4 Å². The average Bonchev–Trinajstić information content (AvgIpc) is 2.82. The summed E-state index contributed by atoms with van der Waals surface area (Å²) in [4.78, 5) is 27.1. The van der Waals surface area contributed by atoms with Crippen LogP contribution in [0.1, 0.15) is 35.9 Å². The van der Waals surface area contributed by atoms with Gasteiger partial charge in [-0.3, -0.25) is 14.5 Å². The first-order chi connectivity index (χ1) is 10.4. The molecule has 0 unspecified atom stereocenters. The van der Waals surface area contributed by atoms with Crippen molar-refractivity contribution < 1.29 is 19.1 Å². The van der Waals surface area contributed by atoms with E-state index in [-0.39, 0.29) is 18.5 Å². The topological polar surface area (TPSA) is 74.0 Å². The molecule has 0 radical (unpaired) electrons. The summed E-state index contributed by atoms with van der Waals surface area (Å²) in [6.45, 7) is 5.81. The molecule has 0 aliphatic carbocycles. The molecular weight excluding hydrogens is 352 g/mol. The van der Waals surface area contributed by atoms with Crippen molar-refractivity contribution >= 4 is 27.8 Å². The van der Waals surface area contributed by atoms with Crippen LogP contribution in [0, 0.1) is 6.92 Å². The number of carbonyl (C=O) groups is 2. The maximum atomic E-state index is 12.5. The Bertz CT molecular complexity index is 550. The zero-order valence-corrected chi connectivity index (χ0v) is 14.4. The van der Waals surface area contributed by atoms with Crippen molar-refractivity contribution in [3.8, 4) is 0 Å². The Labute approximate surface area is 138 Å². The number of aliphatic carboxylic acids is 1. The first-order valence-corrected chi connectivity index (χ1v) is 8.22. The van der Waals surface area contributed by atoms with Gasteiger partial charge in [0.15, 0.2) is 10.4 Å². The van der Waals surface area contributed by atoms with Crippen LogP contribution >= 0.6 is 15.9 Å². The van der Waals surface area contributed by atoms with Gasteiger partial charge in [0, 0.05) is 24.7 Å². The van der Waals surface area contributed by atoms with E-state index in [0.29, 0.717) is 30.1 Å². The molecule has 0 saturated carbocycles. The Balaban J connectivity index is 1.95. The van der Waals surface area contributed by atoms with Gasteiger partial charge in [0.25, 0.3) is 5.91 Å². The largest absolute Gasteiger partial charge is 0.480 e. The minimum absolute atomic E-state index is 0.0549. The molecule has 2 heterocycles. The molecule has 1 fully saturated rings. The van der Waals surface area contributed by atoms with Gasteiger partial charge in [-0.05, 0) is 48.3 Å². The summed E-state index contributed by atoms with van der Waals surface area (Å²) >= 11 is 3.24. The zero-order valence-electron chi connectivity index (χ0n) is 12.8. The maximum Gasteiger partial charge on any atom is 0.317 e. The Morgan fingerprint density at radius 3 is 2.55 bits per heavy atom. The van der Waals surface area contributed by atoms with Gasteiger partial charge in [-0.1, -0.05) is 6.92 Å². The van der Waals surface area contributed by atoms with E-state index in [9.17, 15) is 9.59 Å². The molecule has 7 heteroatoms. The predicted octanol–water partition coefficient (Wildman–Crippen LogP) is 2.36. The number of aryl methyl sites for hydroxylation is 1. The molecule has 2 rings (SSSR count). The summed E-state index contributed by atoms with van der Waals surface area (Å²) in [7, 11) is 0. The molecule has 1 N–H and O–H groups in total. The van der Waals surface area contributed by atoms with Crippen LogP contribution in [0.4, 0.5) is 0 Å². The number of piperidine rings is 1. The van der Waals surface area contributed by atoms with E-state index in [4.69, 9.17) is 9.52 Å². The molecule has 1 aromatic rings. The van der Waals surface area contributed by atoms with Crippen molar-refractivity contribution in [2.45, 2.75) is 32.7 Å². The Hall–Kier alpha value is -1.34. The number of hydrogen-bond donors (Lipinski definition) is 1. The quantitative estimate of drug-likeness (QED) is 0.858. The summed E-state index contributed by atoms with van der Waals surface area (Å²) in [6, 6.07) is 2.00. The van der Waals surface area contributed by atoms with E-state index in [1.165, 1.54) is 0 Å². The average molecular weight is 373 g/mol. The fraction of sp³-hybridized carbons (Fsp3) is 0.600. The smallest absolute Gasteiger partial charge is 0.317 e. The van der Waals surface area contributed by atoms with Crippen molar-refractivity contribution in [1.82, 2.24) is 9.80 Å². The third kappa shape index (κ3) is 3.89. The van der Waals surface area contributed by atoms with Crippen LogP contribution in [0.15, 0.2) is 15.2 Å². The van der Waals surface area contributed by atoms with Gasteiger partial charge in [0.2, 0.25) is 0 Å². The molecule has 1 aliphatic rings. The molecule has 1 aromatic heterocycles. The monoisotopic (exact) mass is 372 g/mol. The minimum atomic E-state index is -0.809. The number of hydrogen-bond acceptors (Lipinski definition) is 4. The normalized spacial score (nSPS) is 16.3. The number of likely N-dealkylation sites (N-methyl/N-ethyl adjacent to an activating group) is 1. The summed E-state index contributed by atoms with van der Waals surface area (Å²) in [5.41, 5.74) is 0.820. The Morgan fingerprint density at radius 1 is 1.45 bits per heavy atom. The van der Waals surface area contributed by atoms with E-state index in [2.05, 4.69) is 15.9 Å². The van der Waals surface area contributed by atoms with Gasteiger partial charge < -0.3 is 14.4 Å². The first kappa shape index (κ1) is 17.0. The van der Waals surface area contributed by atoms with Crippen LogP contribution in [0.5, 0.6) is 0 Å². The van der Waals surface area contributed by atoms with Crippen molar-refractivity contribution in [2.75, 3.05) is 26.2 Å². The lowest BCUT2D eigenvalue weighted by Gasteiger charge is -2.37. The highest BCUT2D eigenvalue weighted by Gasteiger charge is 2.29. The lowest BCUT2D eigenvalue weighted by molar-refractivity contribution is -0.139. The van der Waals surface area contributed by atoms with Gasteiger partial charge in [-0.25, -0.2) is 0 Å². The molecular formula is C15H21BrN2O4. The second-order valence-electron chi connectivity index (χ2n) is 5.54. The van der Waals surface area contributed by atoms with E-state index < -0.39 is 5.97 Å². The Morgan fingerprint density at radius 2 is 2.09 bits per heavy atom. The fourth-order valence-corrected chi connectivity index (χ4v) is 3.41. The van der Waals surface area contributed by atoms with Crippen molar-refractivity contribution in [2.24, 2.45) is 0 Å². The highest BCUT2D eigenvalue weighted by Crippen LogP contribution is 2.23. The van der Waals surface area contributed by atoms with Crippen LogP contribution in [-0.4, -0.2) is 59.0 Å². The van der Waals surface area contributed by atoms with Gasteiger partial charge in [0.1, 0.15) is 0 Å². The number of rotatable bonds is 5. The highest BCUT2D eigenvalue weighted by atomic mass is 79.9. The second kappa shape index (κ2) is 7.28. The van der Waals surface area contributed by atoms with Crippen LogP contribution < -0.4 is 0 Å². The van der Waals surface area contributed by atoms with Gasteiger partial charge in [0.05, 0.1) is 6.54 Å². The molecule has 0 spiro atoms. The highest BCUT2D eigenvalue weighted by molar-refractivity contribution is 9.10. The lowest BCUT2D eigenvalue weighted by atomic mass is 10.0. The summed E-state index contributed by atoms with van der Waals surface area (Å²) in [6.07, 6.45) is 1.57. The maximum absolute atomic E-state index is 12.5. The number of carboxylic acid groups (broad SMARTS) is 1. The lowest BCUT2D eigenvalue weighted by Crippen LogP contribution is -2.48. The second-order valence-corrected chi connectivity index (χ2v) is 6.32. The van der Waals surface area contributed by atoms with Crippen molar-refractivity contribution in [3.05, 3.63) is 22.1 Å². The molecule has 1 amide bonds. The first-order valence-electron chi connectivity index (χ1n) is 7.43. The number of furan rings is 1. The third-order valence-electron chi connectivity index (χ3n) is 4.09. The van der Waals surface area contributed by atoms with Crippen LogP contribution in [-0.2, 0) is 4.79 Å². The van der Waals surface area contributed by atoms with Crippen LogP contribution in [0.25, 0.3) is 0 Å². The zero-order chi connectivity index (χ0) is 16.3. The number of amides is 1. The minimum Gasteiger partial charge on any atom is -0.480 e. The third-order valence-corrected chi connectivity index (χ3v) is 4.49. The molecule has 122 valence electrons. The van der Waals surface area contributed by atoms with Crippen LogP contribution in [0.3, 0.4) is 0 Å². The fourth-order valence-electron chi connectivity index (χ4n) is 2.91. The van der Waals surface area contributed by atoms with E-state index in [1.54, 1.807) is 11.0 Å². The molecule has 6 nitrogen and oxygen atoms in total. The van der Waals surface area contributed by atoms with Gasteiger partial charge in [-0.2, -0.15) is 0 Å². The number of nitrogens with zero attached hydrogens (tertiary/aromatic N) is 2. The van der Waals surface area contributed by atoms with E-state index in [1.807, 2.05) is 18.7 Å². The van der Waals surface area contributed by atoms with Gasteiger partial charge in [-0.15, -0.1) is 0 Å². The Kier molecular flexibility index (Phi) is 5.63. The summed E-state index contributed by atoms with van der Waals surface area (Å²) < 4.78 is 5.97. The molecule has 1 aliphatic heterocycles. The number of carbonyl (C=O) groups excluding carboxylic acids is 1. The van der Waals surface area contributed by atoms with Crippen molar-refractivity contribution in [1.29, 1.82) is 0 Å². The number of likely N-dealkylation sites (tertiary alicyclic amines) is 1. The van der Waals surface area contributed by atoms with E-state index >= 15 is 0 Å². The van der Waals surface area contributed by atoms with Crippen molar-refractivity contribution in [3.63, 3.8) is 0 Å². The molecule has 1 saturated heterocycles. The summed E-state index contributed by atoms with van der Waals surface area (Å²) in [5, 5.41) is 8.94. The molecule has 0 atom stereocenters. The molecule has 22 heavy (non-hydrogen) atoms. The predicted molar refractivity (Wildman–Crippen MR) is 85.0 cm³/mol. The van der Waals surface area contributed by atoms with Gasteiger partial charge >= 0.3 is 5.97 Å².